The highest BCUT2D eigenvalue weighted by molar-refractivity contribution is 6.21. The minimum absolute atomic E-state index is 0.406. The number of hydrogen-bond donors (Lipinski definition) is 0. The Morgan fingerprint density at radius 2 is 1.14 bits per heavy atom. The maximum absolute atomic E-state index is 9.59. The molecular weight excluding hydrogens is 615 g/mol. The molecule has 228 valence electrons. The molecule has 0 amide bonds. The molecule has 0 saturated heterocycles. The van der Waals surface area contributed by atoms with Gasteiger partial charge in [-0.25, -0.2) is 24.6 Å². The van der Waals surface area contributed by atoms with Crippen LogP contribution in [0.3, 0.4) is 0 Å². The highest BCUT2D eigenvalue weighted by Crippen LogP contribution is 2.40. The third kappa shape index (κ3) is 5.11. The molecule has 0 spiro atoms. The van der Waals surface area contributed by atoms with Gasteiger partial charge in [-0.2, -0.15) is 10.5 Å². The van der Waals surface area contributed by atoms with Crippen LogP contribution in [0.4, 0.5) is 11.4 Å². The Balaban J connectivity index is 1.41. The van der Waals surface area contributed by atoms with Gasteiger partial charge < -0.3 is 0 Å². The van der Waals surface area contributed by atoms with Crippen molar-refractivity contribution in [2.24, 2.45) is 0 Å². The molecule has 0 saturated carbocycles. The first-order valence-electron chi connectivity index (χ1n) is 15.6. The quantitative estimate of drug-likeness (QED) is 0.142. The third-order valence-electron chi connectivity index (χ3n) is 8.70. The summed E-state index contributed by atoms with van der Waals surface area (Å²) < 4.78 is 0. The van der Waals surface area contributed by atoms with Crippen molar-refractivity contribution in [3.05, 3.63) is 161 Å². The van der Waals surface area contributed by atoms with E-state index in [9.17, 15) is 10.5 Å². The molecule has 7 nitrogen and oxygen atoms in total. The van der Waals surface area contributed by atoms with Crippen LogP contribution >= 0.6 is 0 Å². The molecule has 0 atom stereocenters. The van der Waals surface area contributed by atoms with Gasteiger partial charge in [-0.3, -0.25) is 0 Å². The first kappa shape index (κ1) is 29.7. The fourth-order valence-corrected chi connectivity index (χ4v) is 6.33. The van der Waals surface area contributed by atoms with Crippen LogP contribution in [0.25, 0.3) is 87.3 Å². The molecule has 0 aliphatic carbocycles. The molecule has 2 aromatic heterocycles. The predicted octanol–water partition coefficient (Wildman–Crippen LogP) is 10.8. The van der Waals surface area contributed by atoms with Crippen molar-refractivity contribution in [3.63, 3.8) is 0 Å². The largest absolute Gasteiger partial charge is 0.247 e. The number of hydrogen-bond acceptors (Lipinski definition) is 5. The smallest absolute Gasteiger partial charge is 0.189 e. The van der Waals surface area contributed by atoms with Crippen molar-refractivity contribution < 1.29 is 0 Å². The average Bonchev–Trinajstić information content (AvgIpc) is 3.19. The van der Waals surface area contributed by atoms with E-state index < -0.39 is 0 Å². The van der Waals surface area contributed by atoms with Crippen LogP contribution in [-0.2, 0) is 0 Å². The standard InChI is InChI=1S/C43H21N7/c1-46-33-16-14-29(15-17-33)41-42(28-12-10-26(24-44)11-13-28)50-43-38(49-41)19-18-36-39(43)35-8-3-4-9-37(35)48-40(36)31-7-5-6-30(22-31)32-20-27(25-45)21-34(23-32)47-2/h3-23H. The molecule has 0 N–H and O–H groups in total. The van der Waals surface area contributed by atoms with Gasteiger partial charge in [0.2, 0.25) is 0 Å². The molecule has 2 heterocycles. The highest BCUT2D eigenvalue weighted by atomic mass is 14.8. The Morgan fingerprint density at radius 3 is 1.88 bits per heavy atom. The lowest BCUT2D eigenvalue weighted by Crippen LogP contribution is -1.98. The van der Waals surface area contributed by atoms with Crippen molar-refractivity contribution in [1.29, 1.82) is 10.5 Å². The van der Waals surface area contributed by atoms with Crippen molar-refractivity contribution in [3.8, 4) is 57.0 Å². The van der Waals surface area contributed by atoms with Gasteiger partial charge in [0.15, 0.2) is 11.4 Å². The Bertz CT molecular complexity index is 2810. The Labute approximate surface area is 287 Å². The summed E-state index contributed by atoms with van der Waals surface area (Å²) in [4.78, 5) is 22.8. The fourth-order valence-electron chi connectivity index (χ4n) is 6.33. The van der Waals surface area contributed by atoms with Gasteiger partial charge in [0, 0.05) is 32.8 Å². The summed E-state index contributed by atoms with van der Waals surface area (Å²) in [7, 11) is 0. The first-order valence-corrected chi connectivity index (χ1v) is 15.6. The van der Waals surface area contributed by atoms with Crippen LogP contribution in [0, 0.1) is 35.8 Å². The second-order valence-electron chi connectivity index (χ2n) is 11.7. The zero-order chi connectivity index (χ0) is 34.2. The van der Waals surface area contributed by atoms with Crippen LogP contribution in [0.15, 0.2) is 127 Å². The summed E-state index contributed by atoms with van der Waals surface area (Å²) in [5.74, 6) is 0. The molecule has 0 fully saturated rings. The monoisotopic (exact) mass is 635 g/mol. The van der Waals surface area contributed by atoms with Crippen LogP contribution in [0.5, 0.6) is 0 Å². The van der Waals surface area contributed by atoms with Crippen molar-refractivity contribution in [1.82, 2.24) is 15.0 Å². The van der Waals surface area contributed by atoms with Crippen molar-refractivity contribution >= 4 is 44.1 Å². The van der Waals surface area contributed by atoms with E-state index in [4.69, 9.17) is 28.1 Å². The van der Waals surface area contributed by atoms with Gasteiger partial charge >= 0.3 is 0 Å². The maximum atomic E-state index is 9.59. The average molecular weight is 636 g/mol. The normalized spacial score (nSPS) is 10.7. The van der Waals surface area contributed by atoms with Gasteiger partial charge in [-0.15, -0.1) is 0 Å². The van der Waals surface area contributed by atoms with E-state index in [-0.39, 0.29) is 0 Å². The molecule has 8 rings (SSSR count). The summed E-state index contributed by atoms with van der Waals surface area (Å²) in [6.45, 7) is 14.9. The van der Waals surface area contributed by atoms with E-state index in [0.717, 1.165) is 55.2 Å². The van der Waals surface area contributed by atoms with E-state index in [1.807, 2.05) is 84.9 Å². The fraction of sp³-hybridized carbons (Fsp3) is 0. The number of nitriles is 2. The van der Waals surface area contributed by atoms with Crippen LogP contribution in [0.2, 0.25) is 0 Å². The SMILES string of the molecule is [C-]#[N+]c1ccc(-c2nc3ccc4c(-c5cccc(-c6cc(C#N)cc([N+]#[C-])c6)c5)nc5ccccc5c4c3nc2-c2ccc(C#N)cc2)cc1. The lowest BCUT2D eigenvalue weighted by atomic mass is 9.95. The van der Waals surface area contributed by atoms with Gasteiger partial charge in [0.25, 0.3) is 0 Å². The van der Waals surface area contributed by atoms with E-state index in [0.29, 0.717) is 44.9 Å². The molecule has 0 aliphatic rings. The van der Waals surface area contributed by atoms with Gasteiger partial charge in [0.05, 0.1) is 64.5 Å². The number of pyridine rings is 1. The maximum Gasteiger partial charge on any atom is 0.189 e. The lowest BCUT2D eigenvalue weighted by Gasteiger charge is -2.15. The minimum atomic E-state index is 0.406. The van der Waals surface area contributed by atoms with Gasteiger partial charge in [0.1, 0.15) is 0 Å². The van der Waals surface area contributed by atoms with E-state index in [1.54, 1.807) is 42.5 Å². The molecule has 0 aliphatic heterocycles. The summed E-state index contributed by atoms with van der Waals surface area (Å²) in [6, 6.07) is 44.1. The summed E-state index contributed by atoms with van der Waals surface area (Å²) in [5.41, 5.74) is 10.4. The van der Waals surface area contributed by atoms with Gasteiger partial charge in [-0.05, 0) is 71.3 Å². The Kier molecular flexibility index (Phi) is 7.21. The van der Waals surface area contributed by atoms with E-state index >= 15 is 0 Å². The minimum Gasteiger partial charge on any atom is -0.247 e. The van der Waals surface area contributed by atoms with Crippen molar-refractivity contribution in [2.45, 2.75) is 0 Å². The number of fused-ring (bicyclic) bond motifs is 5. The second-order valence-corrected chi connectivity index (χ2v) is 11.7. The lowest BCUT2D eigenvalue weighted by molar-refractivity contribution is 1.30. The molecule has 0 unspecified atom stereocenters. The van der Waals surface area contributed by atoms with Crippen molar-refractivity contribution in [2.75, 3.05) is 0 Å². The molecule has 0 radical (unpaired) electrons. The zero-order valence-electron chi connectivity index (χ0n) is 26.3. The highest BCUT2D eigenvalue weighted by Gasteiger charge is 2.19. The van der Waals surface area contributed by atoms with Crippen LogP contribution in [0.1, 0.15) is 11.1 Å². The molecule has 6 aromatic carbocycles. The number of benzene rings is 6. The third-order valence-corrected chi connectivity index (χ3v) is 8.70. The van der Waals surface area contributed by atoms with E-state index in [1.165, 1.54) is 0 Å². The van der Waals surface area contributed by atoms with Crippen LogP contribution in [-0.4, -0.2) is 15.0 Å². The molecular formula is C43H21N7. The number of aromatic nitrogens is 3. The Hall–Kier alpha value is -7.71. The number of nitrogens with zero attached hydrogens (tertiary/aromatic N) is 7. The topological polar surface area (TPSA) is 95.0 Å². The van der Waals surface area contributed by atoms with Gasteiger partial charge in [-0.1, -0.05) is 72.8 Å². The van der Waals surface area contributed by atoms with Crippen LogP contribution < -0.4 is 0 Å². The van der Waals surface area contributed by atoms with E-state index in [2.05, 4.69) is 21.8 Å². The number of rotatable bonds is 4. The second kappa shape index (κ2) is 12.1. The number of para-hydroxylation sites is 1. The first-order chi connectivity index (χ1) is 24.6. The molecule has 8 aromatic rings. The summed E-state index contributed by atoms with van der Waals surface area (Å²) in [6.07, 6.45) is 0. The molecule has 7 heteroatoms. The Morgan fingerprint density at radius 1 is 0.460 bits per heavy atom. The molecule has 0 bridgehead atoms. The summed E-state index contributed by atoms with van der Waals surface area (Å²) in [5, 5.41) is 21.8. The molecule has 50 heavy (non-hydrogen) atoms. The zero-order valence-corrected chi connectivity index (χ0v) is 26.3. The predicted molar refractivity (Wildman–Crippen MR) is 196 cm³/mol. The summed E-state index contributed by atoms with van der Waals surface area (Å²) >= 11 is 0.